The average Bonchev–Trinajstić information content (AvgIpc) is 2.75. The molecule has 0 saturated carbocycles. The van der Waals surface area contributed by atoms with E-state index in [4.69, 9.17) is 14.0 Å². The molecule has 0 aliphatic rings. The summed E-state index contributed by atoms with van der Waals surface area (Å²) in [6.45, 7) is 0. The Morgan fingerprint density at radius 2 is 0.750 bits per heavy atom. The molecule has 3 aromatic rings. The molecule has 3 rings (SSSR count). The van der Waals surface area contributed by atoms with E-state index >= 15 is 0 Å². The minimum atomic E-state index is -2.73. The van der Waals surface area contributed by atoms with Crippen molar-refractivity contribution in [1.29, 1.82) is 0 Å². The molecular formula is C24H22BNaO6. The van der Waals surface area contributed by atoms with E-state index in [0.717, 1.165) is 16.7 Å². The van der Waals surface area contributed by atoms with Crippen LogP contribution in [0, 0.1) is 0 Å². The summed E-state index contributed by atoms with van der Waals surface area (Å²) in [4.78, 5) is 37.0. The zero-order valence-corrected chi connectivity index (χ0v) is 19.9. The molecule has 0 fully saturated rings. The molecule has 158 valence electrons. The second kappa shape index (κ2) is 13.5. The van der Waals surface area contributed by atoms with Crippen molar-refractivity contribution in [2.24, 2.45) is 0 Å². The molecule has 0 atom stereocenters. The van der Waals surface area contributed by atoms with E-state index in [0.29, 0.717) is 0 Å². The Hall–Kier alpha value is -2.87. The first kappa shape index (κ1) is 25.4. The van der Waals surface area contributed by atoms with Gasteiger partial charge in [0.25, 0.3) is 17.9 Å². The van der Waals surface area contributed by atoms with Crippen molar-refractivity contribution >= 4 is 25.2 Å². The van der Waals surface area contributed by atoms with Gasteiger partial charge in [-0.2, -0.15) is 0 Å². The van der Waals surface area contributed by atoms with Gasteiger partial charge in [-0.25, -0.2) is 0 Å². The van der Waals surface area contributed by atoms with E-state index in [-0.39, 0.29) is 48.8 Å². The van der Waals surface area contributed by atoms with E-state index in [1.807, 2.05) is 18.2 Å². The summed E-state index contributed by atoms with van der Waals surface area (Å²) in [5.74, 6) is -1.94. The number of carbonyl (C=O) groups is 3. The Morgan fingerprint density at radius 1 is 0.500 bits per heavy atom. The van der Waals surface area contributed by atoms with Crippen LogP contribution in [0.5, 0.6) is 0 Å². The van der Waals surface area contributed by atoms with Crippen molar-refractivity contribution in [2.45, 2.75) is 19.3 Å². The third-order valence-electron chi connectivity index (χ3n) is 4.41. The molecule has 0 unspecified atom stereocenters. The van der Waals surface area contributed by atoms with Crippen molar-refractivity contribution in [3.05, 3.63) is 108 Å². The quantitative estimate of drug-likeness (QED) is 0.439. The minimum absolute atomic E-state index is 0. The van der Waals surface area contributed by atoms with Gasteiger partial charge in [-0.3, -0.25) is 14.4 Å². The zero-order chi connectivity index (χ0) is 21.9. The van der Waals surface area contributed by atoms with Crippen LogP contribution in [-0.4, -0.2) is 25.2 Å². The van der Waals surface area contributed by atoms with Gasteiger partial charge < -0.3 is 14.0 Å². The minimum Gasteiger partial charge on any atom is -0.625 e. The van der Waals surface area contributed by atoms with Crippen LogP contribution in [0.25, 0.3) is 0 Å². The number of benzene rings is 3. The summed E-state index contributed by atoms with van der Waals surface area (Å²) in [7, 11) is -2.73. The SMILES string of the molecule is O=C(Cc1ccccc1)O[BH-](OC(=O)Cc1ccccc1)OC(=O)Cc1ccccc1.[Na+]. The second-order valence-corrected chi connectivity index (χ2v) is 6.89. The van der Waals surface area contributed by atoms with Gasteiger partial charge in [0, 0.05) is 0 Å². The monoisotopic (exact) mass is 440 g/mol. The third-order valence-corrected chi connectivity index (χ3v) is 4.41. The fourth-order valence-electron chi connectivity index (χ4n) is 2.92. The molecule has 0 N–H and O–H groups in total. The van der Waals surface area contributed by atoms with Crippen LogP contribution in [0.3, 0.4) is 0 Å². The van der Waals surface area contributed by atoms with Crippen molar-refractivity contribution < 1.29 is 57.9 Å². The van der Waals surface area contributed by atoms with Crippen LogP contribution in [0.15, 0.2) is 91.0 Å². The Balaban J connectivity index is 0.00000363. The molecule has 0 heterocycles. The van der Waals surface area contributed by atoms with Gasteiger partial charge in [0.15, 0.2) is 0 Å². The van der Waals surface area contributed by atoms with Crippen LogP contribution in [0.2, 0.25) is 0 Å². The molecule has 0 aromatic heterocycles. The Labute approximate surface area is 209 Å². The van der Waals surface area contributed by atoms with Crippen molar-refractivity contribution in [3.8, 4) is 0 Å². The normalized spacial score (nSPS) is 10.0. The summed E-state index contributed by atoms with van der Waals surface area (Å²) >= 11 is 0. The van der Waals surface area contributed by atoms with Crippen LogP contribution in [0.1, 0.15) is 16.7 Å². The molecule has 0 saturated heterocycles. The molecule has 0 spiro atoms. The molecule has 8 heteroatoms. The maximum Gasteiger partial charge on any atom is 1.00 e. The van der Waals surface area contributed by atoms with Gasteiger partial charge in [0.05, 0.1) is 19.3 Å². The van der Waals surface area contributed by atoms with E-state index in [1.165, 1.54) is 0 Å². The third kappa shape index (κ3) is 9.10. The summed E-state index contributed by atoms with van der Waals surface area (Å²) in [5.41, 5.74) is 2.20. The molecule has 0 radical (unpaired) electrons. The molecule has 0 aliphatic carbocycles. The Kier molecular flexibility index (Phi) is 10.7. The number of hydrogen-bond donors (Lipinski definition) is 0. The van der Waals surface area contributed by atoms with Gasteiger partial charge in [-0.05, 0) is 16.7 Å². The number of carbonyl (C=O) groups excluding carboxylic acids is 3. The fraction of sp³-hybridized carbons (Fsp3) is 0.125. The van der Waals surface area contributed by atoms with Crippen LogP contribution < -0.4 is 29.6 Å². The van der Waals surface area contributed by atoms with Crippen LogP contribution in [0.4, 0.5) is 0 Å². The molecular weight excluding hydrogens is 418 g/mol. The smallest absolute Gasteiger partial charge is 0.625 e. The van der Waals surface area contributed by atoms with E-state index in [2.05, 4.69) is 0 Å². The van der Waals surface area contributed by atoms with Gasteiger partial charge in [-0.1, -0.05) is 91.0 Å². The fourth-order valence-corrected chi connectivity index (χ4v) is 2.92. The molecule has 0 bridgehead atoms. The van der Waals surface area contributed by atoms with Gasteiger partial charge in [0.1, 0.15) is 0 Å². The summed E-state index contributed by atoms with van der Waals surface area (Å²) in [6, 6.07) is 26.9. The summed E-state index contributed by atoms with van der Waals surface area (Å²) in [5, 5.41) is 0. The van der Waals surface area contributed by atoms with Crippen LogP contribution >= 0.6 is 0 Å². The van der Waals surface area contributed by atoms with Crippen molar-refractivity contribution in [1.82, 2.24) is 0 Å². The van der Waals surface area contributed by atoms with Gasteiger partial charge >= 0.3 is 36.9 Å². The Morgan fingerprint density at radius 3 is 1.00 bits per heavy atom. The van der Waals surface area contributed by atoms with E-state index < -0.39 is 25.2 Å². The number of rotatable bonds is 9. The van der Waals surface area contributed by atoms with Crippen molar-refractivity contribution in [3.63, 3.8) is 0 Å². The standard InChI is InChI=1S/C24H22BO6.Na/c26-22(16-19-10-4-1-5-11-19)29-25(30-23(27)17-20-12-6-2-7-13-20)31-24(28)18-21-14-8-3-9-15-21;/h1-15,25H,16-18H2;/q-1;+1. The zero-order valence-electron chi connectivity index (χ0n) is 17.9. The van der Waals surface area contributed by atoms with Gasteiger partial charge in [-0.15, -0.1) is 0 Å². The molecule has 32 heavy (non-hydrogen) atoms. The number of hydrogen-bond acceptors (Lipinski definition) is 6. The first-order chi connectivity index (χ1) is 15.1. The largest absolute Gasteiger partial charge is 1.00 e. The molecule has 0 aliphatic heterocycles. The molecule has 3 aromatic carbocycles. The first-order valence-electron chi connectivity index (χ1n) is 9.94. The maximum absolute atomic E-state index is 12.3. The summed E-state index contributed by atoms with van der Waals surface area (Å²) < 4.78 is 15.7. The topological polar surface area (TPSA) is 78.9 Å². The van der Waals surface area contributed by atoms with Gasteiger partial charge in [0.2, 0.25) is 0 Å². The summed E-state index contributed by atoms with van der Waals surface area (Å²) in [6.07, 6.45) is -0.0928. The Bertz CT molecular complexity index is 867. The second-order valence-electron chi connectivity index (χ2n) is 6.89. The molecule has 6 nitrogen and oxygen atoms in total. The first-order valence-corrected chi connectivity index (χ1v) is 9.94. The average molecular weight is 440 g/mol. The van der Waals surface area contributed by atoms with Crippen LogP contribution in [-0.2, 0) is 47.6 Å². The predicted molar refractivity (Wildman–Crippen MR) is 116 cm³/mol. The predicted octanol–water partition coefficient (Wildman–Crippen LogP) is 0.0653. The molecule has 0 amide bonds. The van der Waals surface area contributed by atoms with E-state index in [1.54, 1.807) is 72.8 Å². The van der Waals surface area contributed by atoms with Crippen molar-refractivity contribution in [2.75, 3.05) is 0 Å². The maximum atomic E-state index is 12.3. The van der Waals surface area contributed by atoms with E-state index in [9.17, 15) is 14.4 Å².